The lowest BCUT2D eigenvalue weighted by Gasteiger charge is -2.33. The van der Waals surface area contributed by atoms with Crippen molar-refractivity contribution in [2.45, 2.75) is 51.3 Å². The molecule has 1 aliphatic heterocycles. The van der Waals surface area contributed by atoms with Gasteiger partial charge >= 0.3 is 0 Å². The Hall–Kier alpha value is -2.99. The first kappa shape index (κ1) is 20.9. The fourth-order valence-electron chi connectivity index (χ4n) is 4.57. The number of amides is 1. The first-order valence-corrected chi connectivity index (χ1v) is 11.4. The normalized spacial score (nSPS) is 17.0. The molecule has 166 valence electrons. The predicted octanol–water partition coefficient (Wildman–Crippen LogP) is 4.45. The van der Waals surface area contributed by atoms with Crippen LogP contribution in [0.3, 0.4) is 0 Å². The van der Waals surface area contributed by atoms with E-state index in [4.69, 9.17) is 4.98 Å². The maximum atomic E-state index is 14.4. The second kappa shape index (κ2) is 8.51. The van der Waals surface area contributed by atoms with Crippen molar-refractivity contribution in [2.75, 3.05) is 18.0 Å². The van der Waals surface area contributed by atoms with E-state index in [1.54, 1.807) is 23.1 Å². The quantitative estimate of drug-likeness (QED) is 0.646. The lowest BCUT2D eigenvalue weighted by atomic mass is 10.0. The number of hydrogen-bond acceptors (Lipinski definition) is 4. The minimum Gasteiger partial charge on any atom is -0.393 e. The molecular weight excluding hydrogens is 405 g/mol. The van der Waals surface area contributed by atoms with E-state index < -0.39 is 5.82 Å². The molecule has 2 aromatic carbocycles. The Balaban J connectivity index is 1.55. The fourth-order valence-corrected chi connectivity index (χ4v) is 4.57. The number of aryl methyl sites for hydroxylation is 1. The third kappa shape index (κ3) is 4.07. The fraction of sp³-hybridized carbons (Fsp3) is 0.385. The molecule has 1 saturated heterocycles. The monoisotopic (exact) mass is 433 g/mol. The third-order valence-electron chi connectivity index (χ3n) is 6.56. The van der Waals surface area contributed by atoms with Crippen molar-refractivity contribution in [3.63, 3.8) is 0 Å². The van der Waals surface area contributed by atoms with Crippen molar-refractivity contribution in [3.05, 3.63) is 71.0 Å². The molecule has 5 rings (SSSR count). The summed E-state index contributed by atoms with van der Waals surface area (Å²) in [4.78, 5) is 22.4. The van der Waals surface area contributed by atoms with E-state index in [0.29, 0.717) is 19.4 Å². The van der Waals surface area contributed by atoms with Crippen LogP contribution in [0.25, 0.3) is 10.9 Å². The van der Waals surface area contributed by atoms with Crippen LogP contribution < -0.4 is 4.90 Å². The van der Waals surface area contributed by atoms with Gasteiger partial charge in [-0.2, -0.15) is 0 Å². The highest BCUT2D eigenvalue weighted by molar-refractivity contribution is 5.95. The summed E-state index contributed by atoms with van der Waals surface area (Å²) in [5.41, 5.74) is 3.15. The minimum absolute atomic E-state index is 0.117. The number of halogens is 1. The van der Waals surface area contributed by atoms with Crippen molar-refractivity contribution in [1.82, 2.24) is 9.88 Å². The highest BCUT2D eigenvalue weighted by Crippen LogP contribution is 2.34. The lowest BCUT2D eigenvalue weighted by Crippen LogP contribution is -2.38. The summed E-state index contributed by atoms with van der Waals surface area (Å²) in [7, 11) is 0. The Morgan fingerprint density at radius 1 is 1.12 bits per heavy atom. The van der Waals surface area contributed by atoms with Gasteiger partial charge in [0.2, 0.25) is 0 Å². The van der Waals surface area contributed by atoms with Gasteiger partial charge in [0.05, 0.1) is 17.2 Å². The van der Waals surface area contributed by atoms with Gasteiger partial charge in [-0.15, -0.1) is 0 Å². The Kier molecular flexibility index (Phi) is 5.55. The van der Waals surface area contributed by atoms with Crippen LogP contribution in [-0.2, 0) is 6.54 Å². The first-order chi connectivity index (χ1) is 15.5. The summed E-state index contributed by atoms with van der Waals surface area (Å²) in [5, 5.41) is 11.0. The zero-order valence-corrected chi connectivity index (χ0v) is 18.3. The average Bonchev–Trinajstić information content (AvgIpc) is 3.63. The molecule has 1 aromatic heterocycles. The number of nitrogens with zero attached hydrogens (tertiary/aromatic N) is 3. The summed E-state index contributed by atoms with van der Waals surface area (Å²) in [6.45, 7) is 3.90. The molecule has 0 radical (unpaired) electrons. The van der Waals surface area contributed by atoms with E-state index in [0.717, 1.165) is 53.8 Å². The van der Waals surface area contributed by atoms with Crippen molar-refractivity contribution >= 4 is 22.6 Å². The zero-order chi connectivity index (χ0) is 22.2. The summed E-state index contributed by atoms with van der Waals surface area (Å²) in [6, 6.07) is 14.6. The van der Waals surface area contributed by atoms with Gasteiger partial charge in [-0.1, -0.05) is 30.3 Å². The van der Waals surface area contributed by atoms with Crippen LogP contribution >= 0.6 is 0 Å². The van der Waals surface area contributed by atoms with Crippen molar-refractivity contribution in [2.24, 2.45) is 0 Å². The van der Waals surface area contributed by atoms with Crippen LogP contribution in [0.1, 0.15) is 47.2 Å². The molecule has 0 atom stereocenters. The topological polar surface area (TPSA) is 56.7 Å². The molecule has 1 saturated carbocycles. The van der Waals surface area contributed by atoms with Crippen LogP contribution in [-0.4, -0.2) is 46.1 Å². The molecule has 6 heteroatoms. The molecule has 1 amide bonds. The van der Waals surface area contributed by atoms with E-state index in [1.165, 1.54) is 6.07 Å². The zero-order valence-electron chi connectivity index (χ0n) is 18.3. The van der Waals surface area contributed by atoms with Gasteiger partial charge in [-0.3, -0.25) is 4.79 Å². The number of piperidine rings is 1. The van der Waals surface area contributed by atoms with Crippen molar-refractivity contribution in [3.8, 4) is 0 Å². The molecule has 2 fully saturated rings. The highest BCUT2D eigenvalue weighted by Gasteiger charge is 2.35. The summed E-state index contributed by atoms with van der Waals surface area (Å²) >= 11 is 0. The van der Waals surface area contributed by atoms with Crippen LogP contribution in [0, 0.1) is 12.7 Å². The number of anilines is 1. The van der Waals surface area contributed by atoms with E-state index in [-0.39, 0.29) is 23.6 Å². The van der Waals surface area contributed by atoms with Crippen LogP contribution in [0.2, 0.25) is 0 Å². The second-order valence-corrected chi connectivity index (χ2v) is 8.98. The van der Waals surface area contributed by atoms with Gasteiger partial charge in [0.25, 0.3) is 5.91 Å². The van der Waals surface area contributed by atoms with Crippen molar-refractivity contribution in [1.29, 1.82) is 0 Å². The number of benzene rings is 2. The van der Waals surface area contributed by atoms with Gasteiger partial charge in [0.1, 0.15) is 11.6 Å². The number of carbonyl (C=O) groups excluding carboxylic acids is 1. The number of para-hydroxylation sites is 1. The van der Waals surface area contributed by atoms with Crippen LogP contribution in [0.5, 0.6) is 0 Å². The Bertz CT molecular complexity index is 1150. The van der Waals surface area contributed by atoms with E-state index >= 15 is 0 Å². The Morgan fingerprint density at radius 2 is 1.88 bits per heavy atom. The van der Waals surface area contributed by atoms with Crippen LogP contribution in [0.15, 0.2) is 48.5 Å². The maximum absolute atomic E-state index is 14.4. The number of rotatable bonds is 5. The summed E-state index contributed by atoms with van der Waals surface area (Å²) in [5.74, 6) is 0.112. The molecule has 32 heavy (non-hydrogen) atoms. The SMILES string of the molecule is Cc1cccc2cc(CN(C(=O)c3ccccc3F)C3CC3)c(N3CCC(O)CC3)nc12. The van der Waals surface area contributed by atoms with Crippen molar-refractivity contribution < 1.29 is 14.3 Å². The molecule has 1 aliphatic carbocycles. The molecular formula is C26H28FN3O2. The lowest BCUT2D eigenvalue weighted by molar-refractivity contribution is 0.0725. The van der Waals surface area contributed by atoms with Gasteiger partial charge in [-0.25, -0.2) is 9.37 Å². The number of fused-ring (bicyclic) bond motifs is 1. The van der Waals surface area contributed by atoms with Gasteiger partial charge in [-0.05, 0) is 56.4 Å². The Labute approximate surface area is 187 Å². The van der Waals surface area contributed by atoms with Gasteiger partial charge in [0, 0.05) is 36.6 Å². The van der Waals surface area contributed by atoms with Gasteiger partial charge < -0.3 is 14.9 Å². The molecule has 0 unspecified atom stereocenters. The molecule has 5 nitrogen and oxygen atoms in total. The average molecular weight is 434 g/mol. The van der Waals surface area contributed by atoms with E-state index in [9.17, 15) is 14.3 Å². The predicted molar refractivity (Wildman–Crippen MR) is 123 cm³/mol. The molecule has 3 aromatic rings. The Morgan fingerprint density at radius 3 is 2.59 bits per heavy atom. The van der Waals surface area contributed by atoms with Crippen LogP contribution in [0.4, 0.5) is 10.2 Å². The second-order valence-electron chi connectivity index (χ2n) is 8.98. The number of hydrogen-bond donors (Lipinski definition) is 1. The number of aromatic nitrogens is 1. The first-order valence-electron chi connectivity index (χ1n) is 11.4. The maximum Gasteiger partial charge on any atom is 0.257 e. The molecule has 2 heterocycles. The van der Waals surface area contributed by atoms with Gasteiger partial charge in [0.15, 0.2) is 0 Å². The summed E-state index contributed by atoms with van der Waals surface area (Å²) in [6.07, 6.45) is 3.00. The number of pyridine rings is 1. The van der Waals surface area contributed by atoms with E-state index in [2.05, 4.69) is 24.0 Å². The third-order valence-corrected chi connectivity index (χ3v) is 6.56. The molecule has 2 aliphatic rings. The smallest absolute Gasteiger partial charge is 0.257 e. The number of aliphatic hydroxyl groups is 1. The minimum atomic E-state index is -0.486. The number of carbonyl (C=O) groups is 1. The highest BCUT2D eigenvalue weighted by atomic mass is 19.1. The van der Waals surface area contributed by atoms with E-state index in [1.807, 2.05) is 12.1 Å². The molecule has 1 N–H and O–H groups in total. The summed E-state index contributed by atoms with van der Waals surface area (Å²) < 4.78 is 14.4. The standard InChI is InChI=1S/C26H28FN3O2/c1-17-5-4-6-18-15-19(25(28-24(17)18)29-13-11-21(31)12-14-29)16-30(20-9-10-20)26(32)22-7-2-3-8-23(22)27/h2-8,15,20-21,31H,9-14,16H2,1H3. The molecule has 0 spiro atoms. The molecule has 0 bridgehead atoms. The number of aliphatic hydroxyl groups excluding tert-OH is 1. The largest absolute Gasteiger partial charge is 0.393 e.